The molecule has 0 radical (unpaired) electrons. The Balaban J connectivity index is 1.50. The van der Waals surface area contributed by atoms with Crippen molar-refractivity contribution in [2.24, 2.45) is 0 Å². The van der Waals surface area contributed by atoms with E-state index in [-0.39, 0.29) is 18.6 Å². The number of carbonyl (C=O) groups is 1. The van der Waals surface area contributed by atoms with Crippen molar-refractivity contribution >= 4 is 16.9 Å². The van der Waals surface area contributed by atoms with Crippen molar-refractivity contribution in [2.75, 3.05) is 19.7 Å². The molecular formula is C26H23N3O3. The maximum Gasteiger partial charge on any atom is 0.263 e. The van der Waals surface area contributed by atoms with Gasteiger partial charge in [0, 0.05) is 37.1 Å². The van der Waals surface area contributed by atoms with Gasteiger partial charge in [-0.05, 0) is 17.2 Å². The monoisotopic (exact) mass is 425 g/mol. The van der Waals surface area contributed by atoms with Gasteiger partial charge in [-0.1, -0.05) is 60.7 Å². The highest BCUT2D eigenvalue weighted by Crippen LogP contribution is 2.33. The Morgan fingerprint density at radius 3 is 2.31 bits per heavy atom. The fourth-order valence-electron chi connectivity index (χ4n) is 4.28. The molecule has 1 aliphatic rings. The summed E-state index contributed by atoms with van der Waals surface area (Å²) in [5.74, 6) is -0.195. The molecule has 0 aliphatic carbocycles. The number of fused-ring (bicyclic) bond motifs is 1. The highest BCUT2D eigenvalue weighted by Gasteiger charge is 2.30. The number of aromatic nitrogens is 1. The number of aliphatic hydroxyl groups excluding tert-OH is 1. The highest BCUT2D eigenvalue weighted by molar-refractivity contribution is 6.04. The Bertz CT molecular complexity index is 1210. The van der Waals surface area contributed by atoms with Gasteiger partial charge in [0.2, 0.25) is 0 Å². The van der Waals surface area contributed by atoms with E-state index in [1.54, 1.807) is 29.6 Å². The van der Waals surface area contributed by atoms with Gasteiger partial charge in [0.25, 0.3) is 5.91 Å². The van der Waals surface area contributed by atoms with Crippen LogP contribution in [0, 0.1) is 0 Å². The van der Waals surface area contributed by atoms with Gasteiger partial charge in [-0.25, -0.2) is 0 Å². The van der Waals surface area contributed by atoms with Gasteiger partial charge in [-0.15, -0.1) is 0 Å². The molecule has 0 unspecified atom stereocenters. The quantitative estimate of drug-likeness (QED) is 0.519. The van der Waals surface area contributed by atoms with Crippen molar-refractivity contribution in [1.29, 1.82) is 0 Å². The molecule has 32 heavy (non-hydrogen) atoms. The molecule has 0 bridgehead atoms. The van der Waals surface area contributed by atoms with Crippen LogP contribution in [0.5, 0.6) is 0 Å². The van der Waals surface area contributed by atoms with Gasteiger partial charge in [-0.3, -0.25) is 9.78 Å². The number of furan rings is 1. The Hall–Kier alpha value is -3.90. The number of aliphatic hydroxyl groups is 1. The Morgan fingerprint density at radius 2 is 1.66 bits per heavy atom. The van der Waals surface area contributed by atoms with Crippen LogP contribution in [0.3, 0.4) is 0 Å². The van der Waals surface area contributed by atoms with Crippen LogP contribution in [-0.4, -0.2) is 45.5 Å². The molecule has 4 aromatic rings. The van der Waals surface area contributed by atoms with E-state index in [1.165, 1.54) is 6.20 Å². The Labute approximate surface area is 186 Å². The van der Waals surface area contributed by atoms with Gasteiger partial charge in [-0.2, -0.15) is 0 Å². The van der Waals surface area contributed by atoms with E-state index in [0.29, 0.717) is 29.9 Å². The van der Waals surface area contributed by atoms with Crippen LogP contribution in [0.1, 0.15) is 27.5 Å². The lowest BCUT2D eigenvalue weighted by molar-refractivity contribution is 0.0769. The molecule has 5 rings (SSSR count). The minimum atomic E-state index is -0.195. The van der Waals surface area contributed by atoms with Crippen molar-refractivity contribution in [3.8, 4) is 0 Å². The first-order valence-corrected chi connectivity index (χ1v) is 10.6. The second-order valence-corrected chi connectivity index (χ2v) is 7.72. The summed E-state index contributed by atoms with van der Waals surface area (Å²) >= 11 is 0. The van der Waals surface area contributed by atoms with Crippen LogP contribution in [0.2, 0.25) is 0 Å². The average molecular weight is 425 g/mol. The van der Waals surface area contributed by atoms with Crippen molar-refractivity contribution in [3.63, 3.8) is 0 Å². The van der Waals surface area contributed by atoms with E-state index in [4.69, 9.17) is 4.42 Å². The van der Waals surface area contributed by atoms with Crippen molar-refractivity contribution in [2.45, 2.75) is 6.04 Å². The third-order valence-electron chi connectivity index (χ3n) is 5.81. The lowest BCUT2D eigenvalue weighted by Crippen LogP contribution is -2.43. The van der Waals surface area contributed by atoms with Gasteiger partial charge >= 0.3 is 0 Å². The number of nitrogens with zero attached hydrogens (tertiary/aromatic N) is 3. The molecule has 1 amide bonds. The van der Waals surface area contributed by atoms with E-state index in [9.17, 15) is 9.90 Å². The molecule has 1 N–H and O–H groups in total. The lowest BCUT2D eigenvalue weighted by atomic mass is 9.96. The van der Waals surface area contributed by atoms with Crippen molar-refractivity contribution in [1.82, 2.24) is 14.8 Å². The molecule has 6 heteroatoms. The van der Waals surface area contributed by atoms with E-state index >= 15 is 0 Å². The van der Waals surface area contributed by atoms with Crippen LogP contribution in [0.4, 0.5) is 0 Å². The first kappa shape index (κ1) is 20.0. The smallest absolute Gasteiger partial charge is 0.263 e. The van der Waals surface area contributed by atoms with E-state index in [2.05, 4.69) is 34.1 Å². The second kappa shape index (κ2) is 8.69. The van der Waals surface area contributed by atoms with E-state index < -0.39 is 0 Å². The number of hydrogen-bond donors (Lipinski definition) is 1. The first-order valence-electron chi connectivity index (χ1n) is 10.6. The Kier molecular flexibility index (Phi) is 5.44. The van der Waals surface area contributed by atoms with Gasteiger partial charge in [0.1, 0.15) is 11.1 Å². The molecule has 1 aliphatic heterocycles. The maximum atomic E-state index is 13.3. The summed E-state index contributed by atoms with van der Waals surface area (Å²) in [7, 11) is 0. The molecule has 3 heterocycles. The summed E-state index contributed by atoms with van der Waals surface area (Å²) < 4.78 is 5.52. The minimum Gasteiger partial charge on any atom is -0.463 e. The summed E-state index contributed by atoms with van der Waals surface area (Å²) in [4.78, 5) is 21.2. The van der Waals surface area contributed by atoms with E-state index in [1.807, 2.05) is 36.4 Å². The van der Waals surface area contributed by atoms with Gasteiger partial charge < -0.3 is 19.3 Å². The molecular weight excluding hydrogens is 402 g/mol. The Morgan fingerprint density at radius 1 is 0.969 bits per heavy atom. The molecule has 160 valence electrons. The van der Waals surface area contributed by atoms with Crippen LogP contribution < -0.4 is 0 Å². The summed E-state index contributed by atoms with van der Waals surface area (Å²) in [5.41, 5.74) is 3.88. The number of rotatable bonds is 5. The molecule has 2 aromatic heterocycles. The summed E-state index contributed by atoms with van der Waals surface area (Å²) in [6.45, 7) is 0.882. The standard InChI is InChI=1S/C26H23N3O3/c30-18-22-17-28(26(31)23-16-27-15-21-11-14-32-25(21)23)12-13-29(22)24(19-7-3-1-4-8-19)20-9-5-2-6-10-20/h1-11,14-17,24,30H,12-13,18H2. The van der Waals surface area contributed by atoms with Crippen LogP contribution in [0.25, 0.3) is 11.0 Å². The first-order chi connectivity index (χ1) is 15.8. The predicted octanol–water partition coefficient (Wildman–Crippen LogP) is 4.21. The molecule has 2 aromatic carbocycles. The number of benzene rings is 2. The second-order valence-electron chi connectivity index (χ2n) is 7.72. The van der Waals surface area contributed by atoms with Gasteiger partial charge in [0.05, 0.1) is 24.6 Å². The predicted molar refractivity (Wildman–Crippen MR) is 122 cm³/mol. The fraction of sp³-hybridized carbons (Fsp3) is 0.154. The molecule has 0 fully saturated rings. The minimum absolute atomic E-state index is 0.0665. The van der Waals surface area contributed by atoms with Crippen LogP contribution in [-0.2, 0) is 0 Å². The number of hydrogen-bond acceptors (Lipinski definition) is 5. The third-order valence-corrected chi connectivity index (χ3v) is 5.81. The maximum absolute atomic E-state index is 13.3. The topological polar surface area (TPSA) is 69.8 Å². The van der Waals surface area contributed by atoms with E-state index in [0.717, 1.165) is 16.5 Å². The average Bonchev–Trinajstić information content (AvgIpc) is 3.34. The highest BCUT2D eigenvalue weighted by atomic mass is 16.3. The van der Waals surface area contributed by atoms with Gasteiger partial charge in [0.15, 0.2) is 0 Å². The third kappa shape index (κ3) is 3.65. The van der Waals surface area contributed by atoms with Crippen molar-refractivity contribution in [3.05, 3.63) is 114 Å². The molecule has 0 atom stereocenters. The zero-order valence-electron chi connectivity index (χ0n) is 17.5. The fourth-order valence-corrected chi connectivity index (χ4v) is 4.28. The molecule has 6 nitrogen and oxygen atoms in total. The van der Waals surface area contributed by atoms with Crippen LogP contribution in [0.15, 0.2) is 102 Å². The zero-order chi connectivity index (χ0) is 21.9. The molecule has 0 saturated carbocycles. The summed E-state index contributed by atoms with van der Waals surface area (Å²) in [5, 5.41) is 11.0. The number of pyridine rings is 1. The van der Waals surface area contributed by atoms with Crippen molar-refractivity contribution < 1.29 is 14.3 Å². The normalized spacial score (nSPS) is 14.1. The zero-order valence-corrected chi connectivity index (χ0v) is 17.5. The molecule has 0 saturated heterocycles. The number of amides is 1. The number of carbonyl (C=O) groups excluding carboxylic acids is 1. The summed E-state index contributed by atoms with van der Waals surface area (Å²) in [6.07, 6.45) is 6.50. The summed E-state index contributed by atoms with van der Waals surface area (Å²) in [6, 6.07) is 22.1. The SMILES string of the molecule is O=C(c1cncc2ccoc12)N1C=C(CO)N(C(c2ccccc2)c2ccccc2)CC1. The largest absolute Gasteiger partial charge is 0.463 e. The molecule has 0 spiro atoms. The van der Waals surface area contributed by atoms with Crippen LogP contribution >= 0.6 is 0 Å². The lowest BCUT2D eigenvalue weighted by Gasteiger charge is -2.40.